The molecule has 1 amide bonds. The number of carbonyl (C=O) groups is 1. The van der Waals surface area contributed by atoms with Crippen LogP contribution < -0.4 is 9.64 Å². The Kier molecular flexibility index (Phi) is 6.09. The van der Waals surface area contributed by atoms with Gasteiger partial charge in [-0.2, -0.15) is 4.98 Å². The fourth-order valence-electron chi connectivity index (χ4n) is 8.09. The van der Waals surface area contributed by atoms with Crippen molar-refractivity contribution < 1.29 is 18.4 Å². The molecule has 0 N–H and O–H groups in total. The van der Waals surface area contributed by atoms with Crippen molar-refractivity contribution >= 4 is 11.6 Å². The molecule has 6 fully saturated rings. The van der Waals surface area contributed by atoms with Crippen LogP contribution in [0.15, 0.2) is 41.2 Å². The van der Waals surface area contributed by atoms with E-state index < -0.39 is 5.67 Å². The summed E-state index contributed by atoms with van der Waals surface area (Å²) in [5.74, 6) is 2.81. The minimum Gasteiger partial charge on any atom is -0.494 e. The number of methoxy groups -OCH3 is 1. The average molecular weight is 574 g/mol. The Hall–Kier alpha value is -3.36. The van der Waals surface area contributed by atoms with Gasteiger partial charge < -0.3 is 14.2 Å². The van der Waals surface area contributed by atoms with Gasteiger partial charge in [0.25, 0.3) is 0 Å². The van der Waals surface area contributed by atoms with Gasteiger partial charge in [-0.15, -0.1) is 0 Å². The van der Waals surface area contributed by atoms with Crippen LogP contribution in [0, 0.1) is 10.8 Å². The molecule has 9 rings (SSSR count). The van der Waals surface area contributed by atoms with Crippen LogP contribution in [0.25, 0.3) is 11.4 Å². The molecule has 6 saturated carbocycles. The molecule has 0 aliphatic heterocycles. The van der Waals surface area contributed by atoms with Gasteiger partial charge in [0.1, 0.15) is 5.67 Å². The summed E-state index contributed by atoms with van der Waals surface area (Å²) < 4.78 is 25.3. The first-order chi connectivity index (χ1) is 19.9. The van der Waals surface area contributed by atoms with E-state index in [0.717, 1.165) is 55.6 Å². The van der Waals surface area contributed by atoms with Crippen LogP contribution in [0.4, 0.5) is 10.1 Å². The Balaban J connectivity index is 1.14. The number of hydrogen-bond acceptors (Lipinski definition) is 7. The monoisotopic (exact) mass is 573 g/mol. The van der Waals surface area contributed by atoms with E-state index in [1.165, 1.54) is 0 Å². The number of nitrogens with zero attached hydrogens (tertiary/aromatic N) is 5. The zero-order valence-electron chi connectivity index (χ0n) is 25.1. The lowest BCUT2D eigenvalue weighted by atomic mass is 9.41. The number of anilines is 1. The summed E-state index contributed by atoms with van der Waals surface area (Å²) in [7, 11) is 1.59. The van der Waals surface area contributed by atoms with Crippen LogP contribution in [-0.2, 0) is 15.6 Å². The van der Waals surface area contributed by atoms with Crippen LogP contribution in [0.3, 0.4) is 0 Å². The fraction of sp³-hybridized carbons (Fsp3) is 0.606. The number of hydrogen-bond donors (Lipinski definition) is 0. The molecule has 6 aliphatic rings. The van der Waals surface area contributed by atoms with Crippen molar-refractivity contribution in [3.63, 3.8) is 0 Å². The van der Waals surface area contributed by atoms with Crippen molar-refractivity contribution in [2.24, 2.45) is 10.8 Å². The lowest BCUT2D eigenvalue weighted by Gasteiger charge is -2.66. The molecule has 2 aromatic heterocycles. The number of alkyl halides is 1. The number of rotatable bonds is 8. The predicted octanol–water partition coefficient (Wildman–Crippen LogP) is 6.74. The molecule has 6 aliphatic carbocycles. The molecule has 0 spiro atoms. The summed E-state index contributed by atoms with van der Waals surface area (Å²) in [4.78, 5) is 29.8. The molecule has 0 saturated heterocycles. The van der Waals surface area contributed by atoms with E-state index >= 15 is 0 Å². The van der Waals surface area contributed by atoms with E-state index in [1.807, 2.05) is 29.2 Å². The zero-order chi connectivity index (χ0) is 29.4. The van der Waals surface area contributed by atoms with Crippen molar-refractivity contribution in [1.29, 1.82) is 0 Å². The Labute approximate surface area is 246 Å². The minimum atomic E-state index is -1.02. The van der Waals surface area contributed by atoms with Crippen molar-refractivity contribution in [3.8, 4) is 17.1 Å². The van der Waals surface area contributed by atoms with Gasteiger partial charge in [-0.3, -0.25) is 4.79 Å². The van der Waals surface area contributed by atoms with Crippen LogP contribution in [0.2, 0.25) is 0 Å². The first kappa shape index (κ1) is 27.5. The normalized spacial score (nSPS) is 31.3. The maximum atomic E-state index is 14.4. The molecule has 222 valence electrons. The van der Waals surface area contributed by atoms with Gasteiger partial charge in [0.15, 0.2) is 17.4 Å². The van der Waals surface area contributed by atoms with E-state index in [-0.39, 0.29) is 27.6 Å². The van der Waals surface area contributed by atoms with Crippen molar-refractivity contribution in [2.75, 3.05) is 18.6 Å². The smallest absolute Gasteiger partial charge is 0.232 e. The van der Waals surface area contributed by atoms with Gasteiger partial charge in [0.05, 0.1) is 19.5 Å². The fourth-order valence-corrected chi connectivity index (χ4v) is 8.09. The second-order valence-corrected chi connectivity index (χ2v) is 14.8. The second kappa shape index (κ2) is 9.32. The van der Waals surface area contributed by atoms with Gasteiger partial charge in [0, 0.05) is 35.0 Å². The first-order valence-electron chi connectivity index (χ1n) is 15.2. The molecule has 0 atom stereocenters. The lowest BCUT2D eigenvalue weighted by Crippen LogP contribution is -2.65. The summed E-state index contributed by atoms with van der Waals surface area (Å²) in [6.45, 7) is 6.94. The summed E-state index contributed by atoms with van der Waals surface area (Å²) in [6.07, 6.45) is 11.3. The second-order valence-electron chi connectivity index (χ2n) is 14.8. The zero-order valence-corrected chi connectivity index (χ0v) is 25.1. The number of fused-ring (bicyclic) bond motifs is 3. The molecular formula is C33H40FN5O3. The maximum Gasteiger partial charge on any atom is 0.232 e. The lowest BCUT2D eigenvalue weighted by molar-refractivity contribution is -0.215. The predicted molar refractivity (Wildman–Crippen MR) is 156 cm³/mol. The van der Waals surface area contributed by atoms with E-state index in [2.05, 4.69) is 35.9 Å². The SMILES string of the molecule is COc1cnc(-c2cccc(N(CC34CCC(c5noc(C(C)(C)C)n5)(CC3)CC4)C(=O)CC34CC(F)(C3)C4)c2)nc1. The summed E-state index contributed by atoms with van der Waals surface area (Å²) in [5.41, 5.74) is 0.324. The van der Waals surface area contributed by atoms with Crippen LogP contribution in [0.1, 0.15) is 96.7 Å². The highest BCUT2D eigenvalue weighted by Gasteiger charge is 2.69. The minimum absolute atomic E-state index is 0.0291. The molecule has 42 heavy (non-hydrogen) atoms. The van der Waals surface area contributed by atoms with Gasteiger partial charge >= 0.3 is 0 Å². The summed E-state index contributed by atoms with van der Waals surface area (Å²) in [6, 6.07) is 7.94. The van der Waals surface area contributed by atoms with Gasteiger partial charge in [-0.1, -0.05) is 38.1 Å². The van der Waals surface area contributed by atoms with Crippen molar-refractivity contribution in [2.45, 2.75) is 101 Å². The Morgan fingerprint density at radius 3 is 2.26 bits per heavy atom. The van der Waals surface area contributed by atoms with Gasteiger partial charge in [-0.05, 0) is 80.8 Å². The number of amides is 1. The quantitative estimate of drug-likeness (QED) is 0.295. The highest BCUT2D eigenvalue weighted by Crippen LogP contribution is 2.71. The number of aromatic nitrogens is 4. The average Bonchev–Trinajstić information content (AvgIpc) is 3.48. The maximum absolute atomic E-state index is 14.4. The van der Waals surface area contributed by atoms with Crippen LogP contribution >= 0.6 is 0 Å². The third-order valence-corrected chi connectivity index (χ3v) is 10.6. The molecular weight excluding hydrogens is 533 g/mol. The van der Waals surface area contributed by atoms with E-state index in [1.54, 1.807) is 19.5 Å². The number of halogens is 1. The molecule has 9 heteroatoms. The van der Waals surface area contributed by atoms with Crippen LogP contribution in [-0.4, -0.2) is 45.3 Å². The number of benzene rings is 1. The molecule has 0 unspecified atom stereocenters. The molecule has 0 radical (unpaired) electrons. The largest absolute Gasteiger partial charge is 0.494 e. The molecule has 3 aromatic rings. The summed E-state index contributed by atoms with van der Waals surface area (Å²) in [5, 5.41) is 4.45. The standard InChI is InChI=1S/C33H40FN5O3/c1-29(2,3)28-37-27(38-42-28)32-11-8-30(9-12-32,10-13-32)21-39(25(40)15-31-18-33(34,19-31)20-31)23-7-5-6-22(14-23)26-35-16-24(41-4)17-36-26/h5-7,14,16-17H,8-13,15,18-21H2,1-4H3. The highest BCUT2D eigenvalue weighted by atomic mass is 19.1. The molecule has 1 aromatic carbocycles. The van der Waals surface area contributed by atoms with Crippen molar-refractivity contribution in [3.05, 3.63) is 48.4 Å². The Morgan fingerprint density at radius 1 is 1.02 bits per heavy atom. The third kappa shape index (κ3) is 4.60. The number of carbonyl (C=O) groups excluding carboxylic acids is 1. The summed E-state index contributed by atoms with van der Waals surface area (Å²) >= 11 is 0. The first-order valence-corrected chi connectivity index (χ1v) is 15.2. The molecule has 8 nitrogen and oxygen atoms in total. The van der Waals surface area contributed by atoms with E-state index in [9.17, 15) is 9.18 Å². The van der Waals surface area contributed by atoms with Crippen LogP contribution in [0.5, 0.6) is 5.75 Å². The van der Waals surface area contributed by atoms with E-state index in [0.29, 0.717) is 49.7 Å². The molecule has 2 heterocycles. The van der Waals surface area contributed by atoms with Gasteiger partial charge in [-0.25, -0.2) is 14.4 Å². The molecule has 4 bridgehead atoms. The van der Waals surface area contributed by atoms with E-state index in [4.69, 9.17) is 14.2 Å². The highest BCUT2D eigenvalue weighted by molar-refractivity contribution is 5.94. The Morgan fingerprint density at radius 2 is 1.69 bits per heavy atom. The number of ether oxygens (including phenoxy) is 1. The Bertz CT molecular complexity index is 1470. The third-order valence-electron chi connectivity index (χ3n) is 10.6. The topological polar surface area (TPSA) is 94.2 Å². The van der Waals surface area contributed by atoms with Crippen molar-refractivity contribution in [1.82, 2.24) is 20.1 Å². The van der Waals surface area contributed by atoms with Gasteiger partial charge in [0.2, 0.25) is 11.8 Å².